The molecule has 0 radical (unpaired) electrons. The van der Waals surface area contributed by atoms with Crippen LogP contribution in [0.15, 0.2) is 36.4 Å². The number of amides is 1. The zero-order valence-corrected chi connectivity index (χ0v) is 11.7. The van der Waals surface area contributed by atoms with Crippen molar-refractivity contribution in [3.8, 4) is 5.75 Å². The summed E-state index contributed by atoms with van der Waals surface area (Å²) in [7, 11) is 0. The quantitative estimate of drug-likeness (QED) is 0.759. The van der Waals surface area contributed by atoms with Crippen LogP contribution in [0.3, 0.4) is 0 Å². The van der Waals surface area contributed by atoms with E-state index in [0.717, 1.165) is 29.3 Å². The first-order valence-electron chi connectivity index (χ1n) is 6.84. The Balaban J connectivity index is 2.33. The molecule has 2 aromatic rings. The molecule has 0 aromatic heterocycles. The lowest BCUT2D eigenvalue weighted by atomic mass is 10.0. The average Bonchev–Trinajstić information content (AvgIpc) is 2.46. The normalized spacial score (nSPS) is 10.7. The summed E-state index contributed by atoms with van der Waals surface area (Å²) in [5.74, 6) is 0.247. The van der Waals surface area contributed by atoms with Gasteiger partial charge in [0, 0.05) is 12.1 Å². The molecule has 0 bridgehead atoms. The lowest BCUT2D eigenvalue weighted by Crippen LogP contribution is -2.21. The first-order chi connectivity index (χ1) is 9.72. The van der Waals surface area contributed by atoms with Gasteiger partial charge >= 0.3 is 0 Å². The molecule has 4 nitrogen and oxygen atoms in total. The Hall–Kier alpha value is -2.07. The van der Waals surface area contributed by atoms with E-state index < -0.39 is 5.91 Å². The Morgan fingerprint density at radius 2 is 2.05 bits per heavy atom. The highest BCUT2D eigenvalue weighted by atomic mass is 16.5. The number of carbonyl (C=O) groups is 1. The number of primary amides is 1. The molecule has 0 aliphatic carbocycles. The molecule has 0 saturated heterocycles. The van der Waals surface area contributed by atoms with Crippen LogP contribution in [-0.2, 0) is 11.3 Å². The number of nitrogens with one attached hydrogen (secondary N) is 1. The molecule has 0 saturated carbocycles. The van der Waals surface area contributed by atoms with Crippen LogP contribution in [0.25, 0.3) is 10.8 Å². The maximum atomic E-state index is 10.9. The highest BCUT2D eigenvalue weighted by Crippen LogP contribution is 2.28. The van der Waals surface area contributed by atoms with E-state index in [-0.39, 0.29) is 6.61 Å². The fourth-order valence-corrected chi connectivity index (χ4v) is 2.17. The molecular formula is C16H20N2O2. The summed E-state index contributed by atoms with van der Waals surface area (Å²) in [5.41, 5.74) is 6.21. The fourth-order valence-electron chi connectivity index (χ4n) is 2.17. The molecule has 2 aromatic carbocycles. The third-order valence-corrected chi connectivity index (χ3v) is 3.10. The van der Waals surface area contributed by atoms with E-state index in [0.29, 0.717) is 12.3 Å². The maximum absolute atomic E-state index is 10.9. The van der Waals surface area contributed by atoms with Gasteiger partial charge in [0.25, 0.3) is 5.91 Å². The molecule has 2 rings (SSSR count). The van der Waals surface area contributed by atoms with Gasteiger partial charge in [-0.1, -0.05) is 37.3 Å². The van der Waals surface area contributed by atoms with Gasteiger partial charge in [-0.15, -0.1) is 0 Å². The van der Waals surface area contributed by atoms with Crippen molar-refractivity contribution in [2.75, 3.05) is 13.2 Å². The maximum Gasteiger partial charge on any atom is 0.255 e. The van der Waals surface area contributed by atoms with Gasteiger partial charge in [-0.25, -0.2) is 0 Å². The standard InChI is InChI=1S/C16H20N2O2/c1-2-9-18-10-14-13-6-4-3-5-12(13)7-8-15(14)20-11-16(17)19/h3-8,18H,2,9-11H2,1H3,(H2,17,19). The zero-order chi connectivity index (χ0) is 14.4. The van der Waals surface area contributed by atoms with Crippen LogP contribution in [0.1, 0.15) is 18.9 Å². The van der Waals surface area contributed by atoms with Crippen LogP contribution in [0.2, 0.25) is 0 Å². The Labute approximate surface area is 118 Å². The van der Waals surface area contributed by atoms with Crippen LogP contribution in [0.5, 0.6) is 5.75 Å². The molecule has 0 fully saturated rings. The van der Waals surface area contributed by atoms with Gasteiger partial charge in [-0.2, -0.15) is 0 Å². The van der Waals surface area contributed by atoms with Crippen molar-refractivity contribution < 1.29 is 9.53 Å². The van der Waals surface area contributed by atoms with Crippen molar-refractivity contribution in [1.82, 2.24) is 5.32 Å². The minimum absolute atomic E-state index is 0.0981. The lowest BCUT2D eigenvalue weighted by Gasteiger charge is -2.14. The molecule has 106 valence electrons. The van der Waals surface area contributed by atoms with Gasteiger partial charge in [-0.3, -0.25) is 4.79 Å². The fraction of sp³-hybridized carbons (Fsp3) is 0.312. The second kappa shape index (κ2) is 6.91. The molecular weight excluding hydrogens is 252 g/mol. The molecule has 0 unspecified atom stereocenters. The van der Waals surface area contributed by atoms with Crippen molar-refractivity contribution >= 4 is 16.7 Å². The highest BCUT2D eigenvalue weighted by Gasteiger charge is 2.09. The van der Waals surface area contributed by atoms with Gasteiger partial charge in [0.1, 0.15) is 5.75 Å². The molecule has 0 aliphatic rings. The Kier molecular flexibility index (Phi) is 4.96. The molecule has 0 heterocycles. The molecule has 0 aliphatic heterocycles. The predicted molar refractivity (Wildman–Crippen MR) is 80.6 cm³/mol. The van der Waals surface area contributed by atoms with Crippen molar-refractivity contribution in [2.24, 2.45) is 5.73 Å². The molecule has 1 amide bonds. The van der Waals surface area contributed by atoms with Crippen LogP contribution < -0.4 is 15.8 Å². The Morgan fingerprint density at radius 1 is 1.25 bits per heavy atom. The van der Waals surface area contributed by atoms with Gasteiger partial charge in [0.05, 0.1) is 0 Å². The summed E-state index contributed by atoms with van der Waals surface area (Å²) in [6.45, 7) is 3.68. The summed E-state index contributed by atoms with van der Waals surface area (Å²) >= 11 is 0. The molecule has 4 heteroatoms. The number of hydrogen-bond donors (Lipinski definition) is 2. The zero-order valence-electron chi connectivity index (χ0n) is 11.7. The third kappa shape index (κ3) is 3.48. The monoisotopic (exact) mass is 272 g/mol. The minimum atomic E-state index is -0.467. The van der Waals surface area contributed by atoms with Crippen LogP contribution >= 0.6 is 0 Å². The van der Waals surface area contributed by atoms with E-state index in [1.165, 1.54) is 0 Å². The number of ether oxygens (including phenoxy) is 1. The van der Waals surface area contributed by atoms with Crippen molar-refractivity contribution in [3.63, 3.8) is 0 Å². The van der Waals surface area contributed by atoms with Gasteiger partial charge in [0.15, 0.2) is 6.61 Å². The summed E-state index contributed by atoms with van der Waals surface area (Å²) in [4.78, 5) is 10.9. The highest BCUT2D eigenvalue weighted by molar-refractivity contribution is 5.88. The summed E-state index contributed by atoms with van der Waals surface area (Å²) in [5, 5.41) is 5.67. The minimum Gasteiger partial charge on any atom is -0.483 e. The van der Waals surface area contributed by atoms with E-state index in [1.807, 2.05) is 24.3 Å². The van der Waals surface area contributed by atoms with Crippen molar-refractivity contribution in [1.29, 1.82) is 0 Å². The predicted octanol–water partition coefficient (Wildman–Crippen LogP) is 2.20. The average molecular weight is 272 g/mol. The summed E-state index contributed by atoms with van der Waals surface area (Å²) in [6.07, 6.45) is 1.07. The number of hydrogen-bond acceptors (Lipinski definition) is 3. The largest absolute Gasteiger partial charge is 0.483 e. The molecule has 20 heavy (non-hydrogen) atoms. The first-order valence-corrected chi connectivity index (χ1v) is 6.84. The van der Waals surface area contributed by atoms with E-state index in [9.17, 15) is 4.79 Å². The second-order valence-electron chi connectivity index (χ2n) is 4.70. The Morgan fingerprint density at radius 3 is 2.80 bits per heavy atom. The van der Waals surface area contributed by atoms with Crippen LogP contribution in [0.4, 0.5) is 0 Å². The number of rotatable bonds is 7. The number of nitrogens with two attached hydrogens (primary N) is 1. The van der Waals surface area contributed by atoms with Gasteiger partial charge in [-0.05, 0) is 29.8 Å². The third-order valence-electron chi connectivity index (χ3n) is 3.10. The Bertz CT molecular complexity index is 596. The smallest absolute Gasteiger partial charge is 0.255 e. The van der Waals surface area contributed by atoms with Gasteiger partial charge < -0.3 is 15.8 Å². The number of fused-ring (bicyclic) bond motifs is 1. The topological polar surface area (TPSA) is 64.3 Å². The molecule has 0 atom stereocenters. The first kappa shape index (κ1) is 14.3. The van der Waals surface area contributed by atoms with Crippen LogP contribution in [-0.4, -0.2) is 19.1 Å². The SMILES string of the molecule is CCCNCc1c(OCC(N)=O)ccc2ccccc12. The van der Waals surface area contributed by atoms with E-state index in [1.54, 1.807) is 0 Å². The molecule has 3 N–H and O–H groups in total. The number of benzene rings is 2. The van der Waals surface area contributed by atoms with Crippen molar-refractivity contribution in [3.05, 3.63) is 42.0 Å². The van der Waals surface area contributed by atoms with E-state index in [4.69, 9.17) is 10.5 Å². The van der Waals surface area contributed by atoms with Gasteiger partial charge in [0.2, 0.25) is 0 Å². The summed E-state index contributed by atoms with van der Waals surface area (Å²) < 4.78 is 5.52. The van der Waals surface area contributed by atoms with E-state index >= 15 is 0 Å². The molecule has 0 spiro atoms. The lowest BCUT2D eigenvalue weighted by molar-refractivity contribution is -0.119. The second-order valence-corrected chi connectivity index (χ2v) is 4.70. The van der Waals surface area contributed by atoms with Crippen LogP contribution in [0, 0.1) is 0 Å². The number of carbonyl (C=O) groups excluding carboxylic acids is 1. The van der Waals surface area contributed by atoms with Crippen molar-refractivity contribution in [2.45, 2.75) is 19.9 Å². The van der Waals surface area contributed by atoms with E-state index in [2.05, 4.69) is 24.4 Å². The summed E-state index contributed by atoms with van der Waals surface area (Å²) in [6, 6.07) is 12.0.